The molecule has 1 heterocycles. The van der Waals surface area contributed by atoms with E-state index in [1.165, 1.54) is 13.2 Å². The minimum Gasteiger partial charge on any atom is -0.496 e. The zero-order valence-electron chi connectivity index (χ0n) is 12.7. The number of nitrogen functional groups attached to an aromatic ring is 1. The van der Waals surface area contributed by atoms with Gasteiger partial charge in [0.25, 0.3) is 5.91 Å². The molecule has 0 saturated heterocycles. The Labute approximate surface area is 152 Å². The summed E-state index contributed by atoms with van der Waals surface area (Å²) < 4.78 is 6.96. The average Bonchev–Trinajstić information content (AvgIpc) is 2.99. The lowest BCUT2D eigenvalue weighted by atomic mass is 10.1. The average molecular weight is 382 g/mol. The molecule has 6 nitrogen and oxygen atoms in total. The van der Waals surface area contributed by atoms with Gasteiger partial charge in [-0.05, 0) is 12.1 Å². The minimum absolute atomic E-state index is 0. The molecule has 0 spiro atoms. The number of carbonyl (C=O) groups is 1. The van der Waals surface area contributed by atoms with Crippen LogP contribution in [0.25, 0.3) is 0 Å². The summed E-state index contributed by atoms with van der Waals surface area (Å²) in [5, 5.41) is 4.43. The van der Waals surface area contributed by atoms with Gasteiger partial charge in [-0.15, -0.1) is 24.8 Å². The number of likely N-dealkylation sites (N-methyl/N-ethyl adjacent to an activating group) is 1. The van der Waals surface area contributed by atoms with Gasteiger partial charge >= 0.3 is 0 Å². The fourth-order valence-corrected chi connectivity index (χ4v) is 2.06. The third-order valence-electron chi connectivity index (χ3n) is 3.12. The Hall–Kier alpha value is -1.63. The van der Waals surface area contributed by atoms with Crippen LogP contribution in [-0.4, -0.2) is 41.3 Å². The predicted octanol–water partition coefficient (Wildman–Crippen LogP) is 2.74. The first-order valence-electron chi connectivity index (χ1n) is 6.39. The van der Waals surface area contributed by atoms with Crippen molar-refractivity contribution in [2.45, 2.75) is 6.54 Å². The number of hydrogen-bond donors (Lipinski definition) is 1. The number of carbonyl (C=O) groups excluding carboxylic acids is 1. The summed E-state index contributed by atoms with van der Waals surface area (Å²) in [5.41, 5.74) is 6.48. The molecule has 0 aliphatic rings. The molecule has 0 saturated carbocycles. The van der Waals surface area contributed by atoms with Crippen molar-refractivity contribution in [3.05, 3.63) is 41.2 Å². The first-order chi connectivity index (χ1) is 10.0. The maximum atomic E-state index is 12.5. The van der Waals surface area contributed by atoms with E-state index < -0.39 is 0 Å². The zero-order chi connectivity index (χ0) is 15.4. The normalized spacial score (nSPS) is 9.52. The minimum atomic E-state index is -0.180. The Bertz CT molecular complexity index is 635. The van der Waals surface area contributed by atoms with Crippen molar-refractivity contribution in [2.24, 2.45) is 0 Å². The SMILES string of the molecule is COc1cc(N)c(Cl)cc1C(=O)N(C)CCn1cccn1.Cl.Cl. The van der Waals surface area contributed by atoms with Crippen molar-refractivity contribution in [1.29, 1.82) is 0 Å². The molecule has 2 aromatic rings. The number of anilines is 1. The molecule has 0 fully saturated rings. The first-order valence-corrected chi connectivity index (χ1v) is 6.76. The third kappa shape index (κ3) is 5.20. The van der Waals surface area contributed by atoms with E-state index in [1.54, 1.807) is 28.9 Å². The quantitative estimate of drug-likeness (QED) is 0.808. The number of methoxy groups -OCH3 is 1. The Balaban J connectivity index is 0.00000242. The number of halogens is 3. The Morgan fingerprint density at radius 2 is 2.13 bits per heavy atom. The fraction of sp³-hybridized carbons (Fsp3) is 0.286. The molecule has 9 heteroatoms. The lowest BCUT2D eigenvalue weighted by Gasteiger charge is -2.19. The second kappa shape index (κ2) is 9.50. The molecule has 1 aromatic carbocycles. The van der Waals surface area contributed by atoms with E-state index in [0.29, 0.717) is 35.1 Å². The van der Waals surface area contributed by atoms with Gasteiger partial charge in [-0.3, -0.25) is 9.48 Å². The highest BCUT2D eigenvalue weighted by Gasteiger charge is 2.18. The van der Waals surface area contributed by atoms with E-state index in [2.05, 4.69) is 5.10 Å². The van der Waals surface area contributed by atoms with E-state index in [-0.39, 0.29) is 30.7 Å². The summed E-state index contributed by atoms with van der Waals surface area (Å²) in [5.74, 6) is 0.230. The molecule has 0 unspecified atom stereocenters. The van der Waals surface area contributed by atoms with Crippen LogP contribution in [0.15, 0.2) is 30.6 Å². The molecule has 0 atom stereocenters. The molecule has 23 heavy (non-hydrogen) atoms. The molecule has 2 rings (SSSR count). The Kier molecular flexibility index (Phi) is 8.82. The lowest BCUT2D eigenvalue weighted by Crippen LogP contribution is -2.30. The summed E-state index contributed by atoms with van der Waals surface area (Å²) >= 11 is 5.98. The fourth-order valence-electron chi connectivity index (χ4n) is 1.90. The van der Waals surface area contributed by atoms with Crippen molar-refractivity contribution >= 4 is 48.0 Å². The molecule has 0 aliphatic heterocycles. The number of nitrogens with zero attached hydrogens (tertiary/aromatic N) is 3. The monoisotopic (exact) mass is 380 g/mol. The molecule has 0 radical (unpaired) electrons. The van der Waals surface area contributed by atoms with Gasteiger partial charge in [0, 0.05) is 32.1 Å². The molecule has 128 valence electrons. The molecule has 1 aromatic heterocycles. The maximum Gasteiger partial charge on any atom is 0.257 e. The predicted molar refractivity (Wildman–Crippen MR) is 96.1 cm³/mol. The van der Waals surface area contributed by atoms with Crippen LogP contribution in [0.4, 0.5) is 5.69 Å². The molecular weight excluding hydrogens is 363 g/mol. The van der Waals surface area contributed by atoms with Gasteiger partial charge in [-0.25, -0.2) is 0 Å². The number of hydrogen-bond acceptors (Lipinski definition) is 4. The van der Waals surface area contributed by atoms with Gasteiger partial charge in [0.2, 0.25) is 0 Å². The van der Waals surface area contributed by atoms with E-state index in [0.717, 1.165) is 0 Å². The van der Waals surface area contributed by atoms with Crippen molar-refractivity contribution in [1.82, 2.24) is 14.7 Å². The topological polar surface area (TPSA) is 73.4 Å². The van der Waals surface area contributed by atoms with Crippen LogP contribution in [0.3, 0.4) is 0 Å². The van der Waals surface area contributed by atoms with Crippen LogP contribution in [-0.2, 0) is 6.54 Å². The van der Waals surface area contributed by atoms with Gasteiger partial charge < -0.3 is 15.4 Å². The van der Waals surface area contributed by atoms with Gasteiger partial charge in [-0.1, -0.05) is 11.6 Å². The third-order valence-corrected chi connectivity index (χ3v) is 3.45. The van der Waals surface area contributed by atoms with Crippen LogP contribution < -0.4 is 10.5 Å². The lowest BCUT2D eigenvalue weighted by molar-refractivity contribution is 0.0785. The number of nitrogens with two attached hydrogens (primary N) is 1. The highest BCUT2D eigenvalue weighted by atomic mass is 35.5. The summed E-state index contributed by atoms with van der Waals surface area (Å²) in [4.78, 5) is 14.1. The number of aromatic nitrogens is 2. The van der Waals surface area contributed by atoms with Gasteiger partial charge in [-0.2, -0.15) is 5.10 Å². The summed E-state index contributed by atoms with van der Waals surface area (Å²) in [7, 11) is 3.21. The Morgan fingerprint density at radius 1 is 1.43 bits per heavy atom. The van der Waals surface area contributed by atoms with Gasteiger partial charge in [0.05, 0.1) is 29.9 Å². The van der Waals surface area contributed by atoms with Crippen LogP contribution in [0.1, 0.15) is 10.4 Å². The van der Waals surface area contributed by atoms with Crippen molar-refractivity contribution < 1.29 is 9.53 Å². The molecule has 0 bridgehead atoms. The van der Waals surface area contributed by atoms with Crippen LogP contribution in [0.2, 0.25) is 5.02 Å². The second-order valence-electron chi connectivity index (χ2n) is 4.57. The van der Waals surface area contributed by atoms with E-state index in [9.17, 15) is 4.79 Å². The molecular formula is C14H19Cl3N4O2. The van der Waals surface area contributed by atoms with Gasteiger partial charge in [0.1, 0.15) is 5.75 Å². The Morgan fingerprint density at radius 3 is 2.70 bits per heavy atom. The van der Waals surface area contributed by atoms with Crippen LogP contribution in [0.5, 0.6) is 5.75 Å². The number of benzene rings is 1. The number of amides is 1. The summed E-state index contributed by atoms with van der Waals surface area (Å²) in [6, 6.07) is 4.92. The summed E-state index contributed by atoms with van der Waals surface area (Å²) in [6.07, 6.45) is 3.55. The highest BCUT2D eigenvalue weighted by molar-refractivity contribution is 6.33. The summed E-state index contributed by atoms with van der Waals surface area (Å²) in [6.45, 7) is 1.13. The van der Waals surface area contributed by atoms with E-state index in [4.69, 9.17) is 22.1 Å². The van der Waals surface area contributed by atoms with E-state index in [1.807, 2.05) is 12.3 Å². The van der Waals surface area contributed by atoms with Crippen molar-refractivity contribution in [3.63, 3.8) is 0 Å². The zero-order valence-corrected chi connectivity index (χ0v) is 15.1. The number of rotatable bonds is 5. The van der Waals surface area contributed by atoms with Crippen molar-refractivity contribution in [2.75, 3.05) is 26.4 Å². The maximum absolute atomic E-state index is 12.5. The largest absolute Gasteiger partial charge is 0.496 e. The van der Waals surface area contributed by atoms with Crippen LogP contribution in [0, 0.1) is 0 Å². The molecule has 1 amide bonds. The van der Waals surface area contributed by atoms with Crippen LogP contribution >= 0.6 is 36.4 Å². The standard InChI is InChI=1S/C14H17ClN4O2.2ClH/c1-18(6-7-19-5-3-4-17-19)14(20)10-8-11(15)12(16)9-13(10)21-2;;/h3-5,8-9H,6-7,16H2,1-2H3;2*1H. The van der Waals surface area contributed by atoms with Crippen molar-refractivity contribution in [3.8, 4) is 5.75 Å². The molecule has 0 aliphatic carbocycles. The highest BCUT2D eigenvalue weighted by Crippen LogP contribution is 2.29. The molecule has 2 N–H and O–H groups in total. The first kappa shape index (κ1) is 21.4. The second-order valence-corrected chi connectivity index (χ2v) is 4.98. The number of ether oxygens (including phenoxy) is 1. The smallest absolute Gasteiger partial charge is 0.257 e. The van der Waals surface area contributed by atoms with E-state index >= 15 is 0 Å². The van der Waals surface area contributed by atoms with Gasteiger partial charge in [0.15, 0.2) is 0 Å².